The van der Waals surface area contributed by atoms with Gasteiger partial charge >= 0.3 is 0 Å². The molecule has 0 unspecified atom stereocenters. The normalized spacial score (nSPS) is 10.0. The molecular formula is C14H29Zn-. The Kier molecular flexibility index (Phi) is 20.4. The van der Waals surface area contributed by atoms with Crippen LogP contribution in [-0.4, -0.2) is 0 Å². The van der Waals surface area contributed by atoms with Crippen molar-refractivity contribution in [3.8, 4) is 0 Å². The minimum atomic E-state index is 0. The van der Waals surface area contributed by atoms with Crippen molar-refractivity contribution in [1.29, 1.82) is 0 Å². The van der Waals surface area contributed by atoms with Crippen LogP contribution >= 0.6 is 0 Å². The Hall–Kier alpha value is 0.623. The van der Waals surface area contributed by atoms with Gasteiger partial charge in [-0.2, -0.15) is 6.42 Å². The standard InChI is InChI=1S/C14H29.Zn/c1-3-5-7-9-11-13-14-12-10-8-6-4-2;/h1,3-14H2,2H3;/q-1;. The molecule has 0 aliphatic carbocycles. The Labute approximate surface area is 110 Å². The van der Waals surface area contributed by atoms with Crippen LogP contribution in [0, 0.1) is 6.92 Å². The van der Waals surface area contributed by atoms with Crippen molar-refractivity contribution < 1.29 is 19.5 Å². The van der Waals surface area contributed by atoms with E-state index in [2.05, 4.69) is 13.8 Å². The molecule has 0 aliphatic rings. The monoisotopic (exact) mass is 261 g/mol. The molecule has 0 atom stereocenters. The van der Waals surface area contributed by atoms with E-state index in [1.165, 1.54) is 70.6 Å². The van der Waals surface area contributed by atoms with Gasteiger partial charge in [0.2, 0.25) is 0 Å². The first-order chi connectivity index (χ1) is 6.91. The van der Waals surface area contributed by atoms with Crippen LogP contribution in [0.1, 0.15) is 84.0 Å². The Morgan fingerprint density at radius 2 is 0.933 bits per heavy atom. The minimum Gasteiger partial charge on any atom is -0.343 e. The Bertz CT molecular complexity index is 79.3. The first kappa shape index (κ1) is 18.0. The molecule has 88 valence electrons. The molecule has 0 rings (SSSR count). The Morgan fingerprint density at radius 1 is 0.600 bits per heavy atom. The summed E-state index contributed by atoms with van der Waals surface area (Å²) in [5, 5.41) is 0. The summed E-state index contributed by atoms with van der Waals surface area (Å²) in [6.45, 7) is 6.14. The zero-order valence-electron chi connectivity index (χ0n) is 10.9. The van der Waals surface area contributed by atoms with Crippen molar-refractivity contribution in [2.45, 2.75) is 84.0 Å². The molecule has 0 heterocycles. The van der Waals surface area contributed by atoms with Crippen LogP contribution in [0.15, 0.2) is 0 Å². The molecule has 1 heteroatoms. The predicted molar refractivity (Wildman–Crippen MR) is 66.4 cm³/mol. The van der Waals surface area contributed by atoms with E-state index in [1.807, 2.05) is 0 Å². The molecule has 0 aromatic heterocycles. The molecule has 0 nitrogen and oxygen atoms in total. The summed E-state index contributed by atoms with van der Waals surface area (Å²) in [6, 6.07) is 0. The average molecular weight is 263 g/mol. The van der Waals surface area contributed by atoms with Gasteiger partial charge in [0.25, 0.3) is 0 Å². The quantitative estimate of drug-likeness (QED) is 0.261. The maximum absolute atomic E-state index is 3.86. The summed E-state index contributed by atoms with van der Waals surface area (Å²) >= 11 is 0. The molecular weight excluding hydrogens is 234 g/mol. The van der Waals surface area contributed by atoms with Crippen LogP contribution in [0.3, 0.4) is 0 Å². The first-order valence-electron chi connectivity index (χ1n) is 6.71. The van der Waals surface area contributed by atoms with Gasteiger partial charge in [0.15, 0.2) is 0 Å². The largest absolute Gasteiger partial charge is 0.343 e. The maximum atomic E-state index is 3.86. The summed E-state index contributed by atoms with van der Waals surface area (Å²) in [6.07, 6.45) is 16.9. The summed E-state index contributed by atoms with van der Waals surface area (Å²) in [4.78, 5) is 0. The zero-order chi connectivity index (χ0) is 10.5. The van der Waals surface area contributed by atoms with Crippen molar-refractivity contribution in [2.24, 2.45) is 0 Å². The van der Waals surface area contributed by atoms with Crippen LogP contribution < -0.4 is 0 Å². The number of hydrogen-bond acceptors (Lipinski definition) is 0. The second kappa shape index (κ2) is 17.0. The molecule has 0 spiro atoms. The average Bonchev–Trinajstić information content (AvgIpc) is 2.21. The molecule has 0 aromatic carbocycles. The fraction of sp³-hybridized carbons (Fsp3) is 0.929. The molecule has 0 radical (unpaired) electrons. The van der Waals surface area contributed by atoms with E-state index < -0.39 is 0 Å². The van der Waals surface area contributed by atoms with Crippen LogP contribution in [0.4, 0.5) is 0 Å². The third-order valence-corrected chi connectivity index (χ3v) is 2.85. The van der Waals surface area contributed by atoms with E-state index in [-0.39, 0.29) is 19.5 Å². The van der Waals surface area contributed by atoms with E-state index in [0.29, 0.717) is 0 Å². The number of unbranched alkanes of at least 4 members (excludes halogenated alkanes) is 11. The van der Waals surface area contributed by atoms with Crippen LogP contribution in [0.2, 0.25) is 0 Å². The van der Waals surface area contributed by atoms with Crippen molar-refractivity contribution in [1.82, 2.24) is 0 Å². The fourth-order valence-electron chi connectivity index (χ4n) is 1.84. The summed E-state index contributed by atoms with van der Waals surface area (Å²) < 4.78 is 0. The van der Waals surface area contributed by atoms with Gasteiger partial charge in [0.05, 0.1) is 0 Å². The molecule has 0 saturated heterocycles. The van der Waals surface area contributed by atoms with Crippen molar-refractivity contribution in [2.75, 3.05) is 0 Å². The summed E-state index contributed by atoms with van der Waals surface area (Å²) in [7, 11) is 0. The molecule has 0 bridgehead atoms. The van der Waals surface area contributed by atoms with Crippen LogP contribution in [0.25, 0.3) is 0 Å². The van der Waals surface area contributed by atoms with Crippen LogP contribution in [0.5, 0.6) is 0 Å². The molecule has 15 heavy (non-hydrogen) atoms. The van der Waals surface area contributed by atoms with E-state index in [1.54, 1.807) is 0 Å². The molecule has 0 saturated carbocycles. The zero-order valence-corrected chi connectivity index (χ0v) is 13.9. The van der Waals surface area contributed by atoms with Gasteiger partial charge in [0.1, 0.15) is 0 Å². The van der Waals surface area contributed by atoms with Crippen molar-refractivity contribution in [3.63, 3.8) is 0 Å². The van der Waals surface area contributed by atoms with Gasteiger partial charge in [-0.05, 0) is 0 Å². The van der Waals surface area contributed by atoms with E-state index >= 15 is 0 Å². The second-order valence-electron chi connectivity index (χ2n) is 4.39. The smallest absolute Gasteiger partial charge is 0 e. The van der Waals surface area contributed by atoms with E-state index in [0.717, 1.165) is 6.42 Å². The first-order valence-corrected chi connectivity index (χ1v) is 6.71. The molecule has 0 aromatic rings. The van der Waals surface area contributed by atoms with E-state index in [4.69, 9.17) is 0 Å². The third kappa shape index (κ3) is 17.2. The van der Waals surface area contributed by atoms with Gasteiger partial charge in [-0.15, -0.1) is 0 Å². The summed E-state index contributed by atoms with van der Waals surface area (Å²) in [5.41, 5.74) is 0. The number of hydrogen-bond donors (Lipinski definition) is 0. The van der Waals surface area contributed by atoms with Gasteiger partial charge < -0.3 is 6.92 Å². The number of rotatable bonds is 11. The van der Waals surface area contributed by atoms with Gasteiger partial charge in [-0.25, -0.2) is 0 Å². The molecule has 0 aliphatic heterocycles. The predicted octanol–water partition coefficient (Wildman–Crippen LogP) is 5.52. The molecule has 0 N–H and O–H groups in total. The summed E-state index contributed by atoms with van der Waals surface area (Å²) in [5.74, 6) is 0. The fourth-order valence-corrected chi connectivity index (χ4v) is 1.84. The van der Waals surface area contributed by atoms with Gasteiger partial charge in [0, 0.05) is 19.5 Å². The molecule has 0 amide bonds. The Balaban J connectivity index is 0. The third-order valence-electron chi connectivity index (χ3n) is 2.85. The molecule has 0 fully saturated rings. The minimum absolute atomic E-state index is 0. The van der Waals surface area contributed by atoms with Crippen molar-refractivity contribution in [3.05, 3.63) is 6.92 Å². The van der Waals surface area contributed by atoms with E-state index in [9.17, 15) is 0 Å². The van der Waals surface area contributed by atoms with Gasteiger partial charge in [-0.1, -0.05) is 77.6 Å². The second-order valence-corrected chi connectivity index (χ2v) is 4.39. The van der Waals surface area contributed by atoms with Crippen molar-refractivity contribution >= 4 is 0 Å². The van der Waals surface area contributed by atoms with Crippen LogP contribution in [-0.2, 0) is 19.5 Å². The Morgan fingerprint density at radius 3 is 1.27 bits per heavy atom. The SMILES string of the molecule is [CH2-]CCCCCCCCCCCCC.[Zn]. The van der Waals surface area contributed by atoms with Gasteiger partial charge in [-0.3, -0.25) is 0 Å². The topological polar surface area (TPSA) is 0 Å². The maximum Gasteiger partial charge on any atom is 0 e.